The summed E-state index contributed by atoms with van der Waals surface area (Å²) in [5.74, 6) is -0.965. The van der Waals surface area contributed by atoms with E-state index in [9.17, 15) is 9.18 Å². The third kappa shape index (κ3) is 3.97. The molecule has 0 aliphatic rings. The summed E-state index contributed by atoms with van der Waals surface area (Å²) in [4.78, 5) is 21.4. The number of para-hydroxylation sites is 1. The van der Waals surface area contributed by atoms with Crippen molar-refractivity contribution in [2.45, 2.75) is 0 Å². The number of fused-ring (bicyclic) bond motifs is 1. The number of rotatable bonds is 4. The van der Waals surface area contributed by atoms with Gasteiger partial charge in [0.15, 0.2) is 0 Å². The van der Waals surface area contributed by atoms with Gasteiger partial charge in [-0.15, -0.1) is 0 Å². The highest BCUT2D eigenvalue weighted by molar-refractivity contribution is 6.33. The first-order chi connectivity index (χ1) is 14.1. The molecule has 0 aliphatic carbocycles. The summed E-state index contributed by atoms with van der Waals surface area (Å²) < 4.78 is 13.8. The van der Waals surface area contributed by atoms with Gasteiger partial charge in [-0.1, -0.05) is 35.9 Å². The molecule has 7 heteroatoms. The Balaban J connectivity index is 1.69. The van der Waals surface area contributed by atoms with E-state index in [0.29, 0.717) is 22.2 Å². The maximum absolute atomic E-state index is 13.8. The van der Waals surface area contributed by atoms with E-state index < -0.39 is 11.7 Å². The van der Waals surface area contributed by atoms with E-state index >= 15 is 0 Å². The zero-order chi connectivity index (χ0) is 20.2. The van der Waals surface area contributed by atoms with Crippen LogP contribution in [0.4, 0.5) is 4.39 Å². The molecule has 1 N–H and O–H groups in total. The van der Waals surface area contributed by atoms with Crippen molar-refractivity contribution in [3.8, 4) is 11.3 Å². The summed E-state index contributed by atoms with van der Waals surface area (Å²) in [6.45, 7) is 0. The number of hydrogen-bond acceptors (Lipinski definition) is 4. The zero-order valence-corrected chi connectivity index (χ0v) is 15.8. The molecule has 0 atom stereocenters. The van der Waals surface area contributed by atoms with Crippen molar-refractivity contribution in [1.82, 2.24) is 15.4 Å². The van der Waals surface area contributed by atoms with E-state index in [0.717, 1.165) is 5.56 Å². The highest BCUT2D eigenvalue weighted by atomic mass is 35.5. The van der Waals surface area contributed by atoms with Crippen molar-refractivity contribution in [3.63, 3.8) is 0 Å². The van der Waals surface area contributed by atoms with Crippen LogP contribution in [0, 0.1) is 5.82 Å². The molecular formula is C22H14ClFN4O. The van der Waals surface area contributed by atoms with Gasteiger partial charge < -0.3 is 0 Å². The van der Waals surface area contributed by atoms with Crippen LogP contribution in [0.2, 0.25) is 5.02 Å². The highest BCUT2D eigenvalue weighted by Gasteiger charge is 2.13. The second-order valence-corrected chi connectivity index (χ2v) is 6.55. The molecule has 5 nitrogen and oxygen atoms in total. The molecule has 2 aromatic carbocycles. The minimum absolute atomic E-state index is 0.103. The van der Waals surface area contributed by atoms with Gasteiger partial charge >= 0.3 is 0 Å². The summed E-state index contributed by atoms with van der Waals surface area (Å²) >= 11 is 5.97. The molecule has 0 saturated heterocycles. The van der Waals surface area contributed by atoms with E-state index in [-0.39, 0.29) is 10.6 Å². The van der Waals surface area contributed by atoms with Gasteiger partial charge in [0.2, 0.25) is 0 Å². The Morgan fingerprint density at radius 3 is 2.66 bits per heavy atom. The topological polar surface area (TPSA) is 67.2 Å². The molecule has 0 spiro atoms. The van der Waals surface area contributed by atoms with Crippen LogP contribution in [0.3, 0.4) is 0 Å². The lowest BCUT2D eigenvalue weighted by Gasteiger charge is -2.09. The fraction of sp³-hybridized carbons (Fsp3) is 0. The number of pyridine rings is 2. The number of hydrazone groups is 1. The summed E-state index contributed by atoms with van der Waals surface area (Å²) in [6, 6.07) is 17.0. The molecule has 0 aliphatic heterocycles. The van der Waals surface area contributed by atoms with E-state index in [4.69, 9.17) is 11.6 Å². The zero-order valence-electron chi connectivity index (χ0n) is 15.0. The van der Waals surface area contributed by atoms with Gasteiger partial charge in [-0.3, -0.25) is 9.78 Å². The lowest BCUT2D eigenvalue weighted by molar-refractivity contribution is 0.0956. The Labute approximate surface area is 170 Å². The second-order valence-electron chi connectivity index (χ2n) is 6.14. The minimum atomic E-state index is -0.523. The van der Waals surface area contributed by atoms with Crippen LogP contribution >= 0.6 is 11.6 Å². The first kappa shape index (κ1) is 18.7. The number of benzene rings is 2. The average molecular weight is 405 g/mol. The molecule has 2 heterocycles. The number of aromatic nitrogens is 2. The Kier molecular flexibility index (Phi) is 5.27. The van der Waals surface area contributed by atoms with Gasteiger partial charge in [0.1, 0.15) is 5.82 Å². The highest BCUT2D eigenvalue weighted by Crippen LogP contribution is 2.24. The maximum atomic E-state index is 13.8. The average Bonchev–Trinajstić information content (AvgIpc) is 2.75. The molecule has 0 unspecified atom stereocenters. The van der Waals surface area contributed by atoms with Crippen LogP contribution in [0.1, 0.15) is 15.9 Å². The van der Waals surface area contributed by atoms with E-state index in [1.54, 1.807) is 24.5 Å². The van der Waals surface area contributed by atoms with Crippen molar-refractivity contribution in [1.29, 1.82) is 0 Å². The van der Waals surface area contributed by atoms with Gasteiger partial charge in [-0.05, 0) is 36.4 Å². The largest absolute Gasteiger partial charge is 0.272 e. The van der Waals surface area contributed by atoms with Gasteiger partial charge in [-0.2, -0.15) is 5.10 Å². The number of nitrogens with one attached hydrogen (secondary N) is 1. The maximum Gasteiger partial charge on any atom is 0.272 e. The molecule has 4 rings (SSSR count). The standard InChI is InChI=1S/C22H14ClFN4O/c23-18-5-3-6-19(24)17(18)13-26-28-22(29)16-12-21(14-8-10-25-11-9-14)27-20-7-2-1-4-15(16)20/h1-13H,(H,28,29)/b26-13-. The Morgan fingerprint density at radius 1 is 1.07 bits per heavy atom. The fourth-order valence-electron chi connectivity index (χ4n) is 2.88. The van der Waals surface area contributed by atoms with Crippen LogP contribution in [-0.4, -0.2) is 22.1 Å². The smallest absolute Gasteiger partial charge is 0.267 e. The van der Waals surface area contributed by atoms with Crippen molar-refractivity contribution in [3.05, 3.63) is 95.0 Å². The quantitative estimate of drug-likeness (QED) is 0.390. The number of carbonyl (C=O) groups is 1. The van der Waals surface area contributed by atoms with Crippen LogP contribution in [-0.2, 0) is 0 Å². The van der Waals surface area contributed by atoms with E-state index in [2.05, 4.69) is 20.5 Å². The van der Waals surface area contributed by atoms with Gasteiger partial charge in [0.05, 0.1) is 28.0 Å². The minimum Gasteiger partial charge on any atom is -0.267 e. The lowest BCUT2D eigenvalue weighted by Crippen LogP contribution is -2.18. The number of halogens is 2. The van der Waals surface area contributed by atoms with Crippen molar-refractivity contribution in [2.24, 2.45) is 5.10 Å². The van der Waals surface area contributed by atoms with Crippen LogP contribution in [0.5, 0.6) is 0 Å². The monoisotopic (exact) mass is 404 g/mol. The SMILES string of the molecule is O=C(N/N=C\c1c(F)cccc1Cl)c1cc(-c2ccncc2)nc2ccccc12. The first-order valence-corrected chi connectivity index (χ1v) is 9.09. The second kappa shape index (κ2) is 8.16. The van der Waals surface area contributed by atoms with Gasteiger partial charge in [-0.25, -0.2) is 14.8 Å². The normalized spacial score (nSPS) is 11.1. The summed E-state index contributed by atoms with van der Waals surface area (Å²) in [6.07, 6.45) is 4.51. The number of hydrogen-bond donors (Lipinski definition) is 1. The molecule has 29 heavy (non-hydrogen) atoms. The van der Waals surface area contributed by atoms with Crippen LogP contribution in [0.25, 0.3) is 22.2 Å². The predicted molar refractivity (Wildman–Crippen MR) is 111 cm³/mol. The molecule has 0 bridgehead atoms. The third-order valence-electron chi connectivity index (χ3n) is 4.30. The number of nitrogens with zero attached hydrogens (tertiary/aromatic N) is 3. The number of amides is 1. The fourth-order valence-corrected chi connectivity index (χ4v) is 3.10. The molecule has 0 saturated carbocycles. The van der Waals surface area contributed by atoms with Crippen LogP contribution in [0.15, 0.2) is 78.2 Å². The molecule has 2 aromatic heterocycles. The third-order valence-corrected chi connectivity index (χ3v) is 4.63. The summed E-state index contributed by atoms with van der Waals surface area (Å²) in [5.41, 5.74) is 5.09. The van der Waals surface area contributed by atoms with Crippen LogP contribution < -0.4 is 5.43 Å². The molecule has 0 radical (unpaired) electrons. The predicted octanol–water partition coefficient (Wildman–Crippen LogP) is 4.85. The van der Waals surface area contributed by atoms with Crippen molar-refractivity contribution >= 4 is 34.6 Å². The summed E-state index contributed by atoms with van der Waals surface area (Å²) in [5, 5.41) is 4.76. The first-order valence-electron chi connectivity index (χ1n) is 8.71. The number of carbonyl (C=O) groups excluding carboxylic acids is 1. The van der Waals surface area contributed by atoms with E-state index in [1.165, 1.54) is 18.3 Å². The van der Waals surface area contributed by atoms with Crippen molar-refractivity contribution in [2.75, 3.05) is 0 Å². The Bertz CT molecular complexity index is 1210. The molecule has 1 amide bonds. The Hall–Kier alpha value is -3.64. The van der Waals surface area contributed by atoms with E-state index in [1.807, 2.05) is 36.4 Å². The Morgan fingerprint density at radius 2 is 1.86 bits per heavy atom. The van der Waals surface area contributed by atoms with Gasteiger partial charge in [0, 0.05) is 28.9 Å². The van der Waals surface area contributed by atoms with Gasteiger partial charge in [0.25, 0.3) is 5.91 Å². The van der Waals surface area contributed by atoms with Crippen molar-refractivity contribution < 1.29 is 9.18 Å². The molecule has 4 aromatic rings. The lowest BCUT2D eigenvalue weighted by atomic mass is 10.0. The summed E-state index contributed by atoms with van der Waals surface area (Å²) in [7, 11) is 0. The molecule has 0 fully saturated rings. The molecular weight excluding hydrogens is 391 g/mol. The molecule has 142 valence electrons.